The molecule has 8 nitrogen and oxygen atoms in total. The minimum atomic E-state index is -0.386. The molecule has 8 heteroatoms. The van der Waals surface area contributed by atoms with E-state index < -0.39 is 0 Å². The summed E-state index contributed by atoms with van der Waals surface area (Å²) in [6.07, 6.45) is 0. The average Bonchev–Trinajstić information content (AvgIpc) is 2.79. The van der Waals surface area contributed by atoms with Crippen molar-refractivity contribution in [3.63, 3.8) is 0 Å². The predicted molar refractivity (Wildman–Crippen MR) is 73.4 cm³/mol. The number of aryl methyl sites for hydroxylation is 2. The first-order valence-corrected chi connectivity index (χ1v) is 6.13. The third-order valence-electron chi connectivity index (χ3n) is 3.09. The molecule has 0 saturated carbocycles. The molecule has 0 aromatic carbocycles. The van der Waals surface area contributed by atoms with Gasteiger partial charge < -0.3 is 15.6 Å². The van der Waals surface area contributed by atoms with Gasteiger partial charge in [-0.2, -0.15) is 4.98 Å². The Labute approximate surface area is 109 Å². The topological polar surface area (TPSA) is 99.9 Å². The van der Waals surface area contributed by atoms with Crippen LogP contribution in [0.3, 0.4) is 0 Å². The molecule has 2 rings (SSSR count). The normalized spacial score (nSPS) is 11.2. The van der Waals surface area contributed by atoms with Crippen LogP contribution in [0.15, 0.2) is 9.59 Å². The molecule has 0 aliphatic carbocycles. The van der Waals surface area contributed by atoms with Crippen LogP contribution >= 0.6 is 0 Å². The van der Waals surface area contributed by atoms with Crippen molar-refractivity contribution in [2.75, 3.05) is 18.4 Å². The summed E-state index contributed by atoms with van der Waals surface area (Å²) in [7, 11) is 3.06. The molecule has 2 aromatic rings. The molecule has 0 fully saturated rings. The number of imidazole rings is 1. The first-order chi connectivity index (χ1) is 9.02. The Bertz CT molecular complexity index is 723. The van der Waals surface area contributed by atoms with Crippen molar-refractivity contribution in [2.45, 2.75) is 13.5 Å². The lowest BCUT2D eigenvalue weighted by Crippen LogP contribution is -2.37. The van der Waals surface area contributed by atoms with Gasteiger partial charge >= 0.3 is 5.69 Å². The summed E-state index contributed by atoms with van der Waals surface area (Å²) < 4.78 is 4.21. The summed E-state index contributed by atoms with van der Waals surface area (Å²) in [6.45, 7) is 3.51. The molecule has 0 saturated heterocycles. The number of hydrogen-bond donors (Lipinski definition) is 2. The molecular weight excluding hydrogens is 248 g/mol. The van der Waals surface area contributed by atoms with Crippen molar-refractivity contribution >= 4 is 17.1 Å². The van der Waals surface area contributed by atoms with Crippen LogP contribution in [-0.2, 0) is 20.6 Å². The first kappa shape index (κ1) is 13.3. The van der Waals surface area contributed by atoms with E-state index in [0.29, 0.717) is 36.7 Å². The molecule has 2 heterocycles. The lowest BCUT2D eigenvalue weighted by Gasteiger charge is -2.07. The fourth-order valence-corrected chi connectivity index (χ4v) is 2.07. The summed E-state index contributed by atoms with van der Waals surface area (Å²) in [5.74, 6) is 0.557. The van der Waals surface area contributed by atoms with Crippen molar-refractivity contribution in [3.05, 3.63) is 20.8 Å². The van der Waals surface area contributed by atoms with E-state index in [9.17, 15) is 9.59 Å². The van der Waals surface area contributed by atoms with Crippen molar-refractivity contribution in [1.29, 1.82) is 0 Å². The molecular formula is C11H18N6O2. The molecule has 104 valence electrons. The van der Waals surface area contributed by atoms with Gasteiger partial charge in [-0.05, 0) is 6.92 Å². The molecule has 0 aliphatic rings. The predicted octanol–water partition coefficient (Wildman–Crippen LogP) is -1.18. The van der Waals surface area contributed by atoms with Crippen LogP contribution in [0.2, 0.25) is 0 Å². The average molecular weight is 266 g/mol. The number of nitrogens with two attached hydrogens (primary N) is 1. The zero-order chi connectivity index (χ0) is 14.2. The highest BCUT2D eigenvalue weighted by molar-refractivity contribution is 5.74. The number of fused-ring (bicyclic) bond motifs is 1. The van der Waals surface area contributed by atoms with Crippen LogP contribution < -0.4 is 22.3 Å². The van der Waals surface area contributed by atoms with E-state index in [4.69, 9.17) is 5.73 Å². The standard InChI is InChI=1S/C11H18N6O2/c1-4-17-7-8(14-10(17)13-6-5-12)15(2)11(19)16(3)9(7)18/h4-6,12H2,1-3H3,(H,13,14). The second-order valence-corrected chi connectivity index (χ2v) is 4.27. The van der Waals surface area contributed by atoms with Crippen LogP contribution in [0.1, 0.15) is 6.92 Å². The van der Waals surface area contributed by atoms with Crippen LogP contribution in [0.4, 0.5) is 5.95 Å². The third kappa shape index (κ3) is 1.93. The number of hydrogen-bond acceptors (Lipinski definition) is 5. The van der Waals surface area contributed by atoms with E-state index in [1.807, 2.05) is 6.92 Å². The van der Waals surface area contributed by atoms with Crippen LogP contribution in [0.5, 0.6) is 0 Å². The molecule has 0 radical (unpaired) electrons. The Kier molecular flexibility index (Phi) is 3.43. The largest absolute Gasteiger partial charge is 0.354 e. The molecule has 0 unspecified atom stereocenters. The van der Waals surface area contributed by atoms with E-state index in [1.54, 1.807) is 11.6 Å². The van der Waals surface area contributed by atoms with Crippen molar-refractivity contribution in [1.82, 2.24) is 18.7 Å². The number of aromatic nitrogens is 4. The Morgan fingerprint density at radius 3 is 2.53 bits per heavy atom. The van der Waals surface area contributed by atoms with Crippen molar-refractivity contribution < 1.29 is 0 Å². The SMILES string of the molecule is CCn1c(NCCN)nc2c1c(=O)n(C)c(=O)n2C. The molecule has 19 heavy (non-hydrogen) atoms. The Morgan fingerprint density at radius 2 is 1.95 bits per heavy atom. The molecule has 0 bridgehead atoms. The van der Waals surface area contributed by atoms with E-state index >= 15 is 0 Å². The minimum Gasteiger partial charge on any atom is -0.354 e. The van der Waals surface area contributed by atoms with Gasteiger partial charge in [0, 0.05) is 33.7 Å². The summed E-state index contributed by atoms with van der Waals surface area (Å²) in [6, 6.07) is 0. The lowest BCUT2D eigenvalue weighted by molar-refractivity contribution is 0.700. The van der Waals surface area contributed by atoms with E-state index in [2.05, 4.69) is 10.3 Å². The van der Waals surface area contributed by atoms with Gasteiger partial charge in [0.2, 0.25) is 5.95 Å². The summed E-state index contributed by atoms with van der Waals surface area (Å²) in [4.78, 5) is 28.4. The molecule has 0 spiro atoms. The molecule has 0 atom stereocenters. The monoisotopic (exact) mass is 266 g/mol. The van der Waals surface area contributed by atoms with Gasteiger partial charge in [-0.25, -0.2) is 4.79 Å². The van der Waals surface area contributed by atoms with Gasteiger partial charge in [-0.3, -0.25) is 13.9 Å². The Balaban J connectivity index is 2.83. The summed E-state index contributed by atoms with van der Waals surface area (Å²) in [5.41, 5.74) is 5.53. The van der Waals surface area contributed by atoms with Gasteiger partial charge in [-0.15, -0.1) is 0 Å². The van der Waals surface area contributed by atoms with Crippen molar-refractivity contribution in [3.8, 4) is 0 Å². The van der Waals surface area contributed by atoms with Crippen LogP contribution in [-0.4, -0.2) is 31.8 Å². The van der Waals surface area contributed by atoms with Gasteiger partial charge in [0.15, 0.2) is 11.2 Å². The second kappa shape index (κ2) is 4.88. The number of nitrogens with zero attached hydrogens (tertiary/aromatic N) is 4. The maximum Gasteiger partial charge on any atom is 0.332 e. The number of anilines is 1. The van der Waals surface area contributed by atoms with Gasteiger partial charge in [0.05, 0.1) is 0 Å². The van der Waals surface area contributed by atoms with Crippen LogP contribution in [0.25, 0.3) is 11.2 Å². The highest BCUT2D eigenvalue weighted by Crippen LogP contribution is 2.14. The molecule has 0 amide bonds. The first-order valence-electron chi connectivity index (χ1n) is 6.13. The zero-order valence-electron chi connectivity index (χ0n) is 11.3. The molecule has 0 aliphatic heterocycles. The third-order valence-corrected chi connectivity index (χ3v) is 3.09. The van der Waals surface area contributed by atoms with Gasteiger partial charge in [0.25, 0.3) is 5.56 Å². The van der Waals surface area contributed by atoms with Gasteiger partial charge in [0.1, 0.15) is 0 Å². The van der Waals surface area contributed by atoms with Crippen LogP contribution in [0, 0.1) is 0 Å². The fourth-order valence-electron chi connectivity index (χ4n) is 2.07. The highest BCUT2D eigenvalue weighted by atomic mass is 16.2. The zero-order valence-corrected chi connectivity index (χ0v) is 11.3. The van der Waals surface area contributed by atoms with E-state index in [1.165, 1.54) is 11.6 Å². The maximum atomic E-state index is 12.2. The molecule has 3 N–H and O–H groups in total. The number of nitrogens with one attached hydrogen (secondary N) is 1. The molecule has 2 aromatic heterocycles. The minimum absolute atomic E-state index is 0.340. The smallest absolute Gasteiger partial charge is 0.332 e. The van der Waals surface area contributed by atoms with E-state index in [0.717, 1.165) is 4.57 Å². The van der Waals surface area contributed by atoms with Crippen molar-refractivity contribution in [2.24, 2.45) is 19.8 Å². The maximum absolute atomic E-state index is 12.2. The summed E-state index contributed by atoms with van der Waals surface area (Å²) >= 11 is 0. The number of rotatable bonds is 4. The summed E-state index contributed by atoms with van der Waals surface area (Å²) in [5, 5.41) is 3.06. The quantitative estimate of drug-likeness (QED) is 0.726. The Hall–Kier alpha value is -2.09. The highest BCUT2D eigenvalue weighted by Gasteiger charge is 2.17. The van der Waals surface area contributed by atoms with Gasteiger partial charge in [-0.1, -0.05) is 0 Å². The second-order valence-electron chi connectivity index (χ2n) is 4.27. The fraction of sp³-hybridized carbons (Fsp3) is 0.545. The van der Waals surface area contributed by atoms with E-state index in [-0.39, 0.29) is 11.2 Å². The Morgan fingerprint density at radius 1 is 1.26 bits per heavy atom. The lowest BCUT2D eigenvalue weighted by atomic mass is 10.5.